The van der Waals surface area contributed by atoms with Crippen molar-refractivity contribution in [2.24, 2.45) is 0 Å². The second-order valence-corrected chi connectivity index (χ2v) is 9.81. The van der Waals surface area contributed by atoms with Gasteiger partial charge in [0, 0.05) is 12.6 Å². The zero-order valence-corrected chi connectivity index (χ0v) is 21.3. The molecule has 1 aliphatic rings. The molecule has 2 aromatic rings. The van der Waals surface area contributed by atoms with Crippen molar-refractivity contribution in [2.45, 2.75) is 52.0 Å². The van der Waals surface area contributed by atoms with E-state index >= 15 is 0 Å². The van der Waals surface area contributed by atoms with Gasteiger partial charge in [0.25, 0.3) is 11.7 Å². The Hall–Kier alpha value is -2.99. The summed E-state index contributed by atoms with van der Waals surface area (Å²) in [7, 11) is 2.92. The van der Waals surface area contributed by atoms with Gasteiger partial charge in [-0.3, -0.25) is 9.59 Å². The molecule has 1 fully saturated rings. The fourth-order valence-corrected chi connectivity index (χ4v) is 4.38. The maximum absolute atomic E-state index is 13.2. The summed E-state index contributed by atoms with van der Waals surface area (Å²) in [5.74, 6) is -1.04. The molecule has 0 bridgehead atoms. The summed E-state index contributed by atoms with van der Waals surface area (Å²) in [6, 6.07) is 10.1. The topological polar surface area (TPSA) is 76.1 Å². The lowest BCUT2D eigenvalue weighted by Gasteiger charge is -2.26. The van der Waals surface area contributed by atoms with Crippen molar-refractivity contribution in [2.75, 3.05) is 20.8 Å². The van der Waals surface area contributed by atoms with E-state index in [0.717, 1.165) is 24.0 Å². The number of hydrogen-bond acceptors (Lipinski definition) is 5. The van der Waals surface area contributed by atoms with Crippen LogP contribution in [0.4, 0.5) is 0 Å². The largest absolute Gasteiger partial charge is 0.507 e. The van der Waals surface area contributed by atoms with E-state index in [1.807, 2.05) is 31.2 Å². The maximum atomic E-state index is 13.2. The Labute approximate surface area is 206 Å². The lowest BCUT2D eigenvalue weighted by Crippen LogP contribution is -2.30. The highest BCUT2D eigenvalue weighted by atomic mass is 35.5. The Kier molecular flexibility index (Phi) is 7.61. The van der Waals surface area contributed by atoms with Crippen molar-refractivity contribution in [3.8, 4) is 11.5 Å². The molecular weight excluding hydrogens is 454 g/mol. The smallest absolute Gasteiger partial charge is 0.295 e. The van der Waals surface area contributed by atoms with Gasteiger partial charge in [-0.2, -0.15) is 0 Å². The van der Waals surface area contributed by atoms with Crippen LogP contribution in [0.15, 0.2) is 42.0 Å². The first-order valence-electron chi connectivity index (χ1n) is 11.4. The molecule has 6 nitrogen and oxygen atoms in total. The van der Waals surface area contributed by atoms with Crippen molar-refractivity contribution in [3.63, 3.8) is 0 Å². The minimum atomic E-state index is -0.729. The van der Waals surface area contributed by atoms with Gasteiger partial charge in [0.05, 0.1) is 36.4 Å². The summed E-state index contributed by atoms with van der Waals surface area (Å²) >= 11 is 6.31. The molecule has 1 N–H and O–H groups in total. The van der Waals surface area contributed by atoms with Crippen LogP contribution in [0.5, 0.6) is 11.5 Å². The Morgan fingerprint density at radius 1 is 1.06 bits per heavy atom. The molecule has 1 unspecified atom stereocenters. The van der Waals surface area contributed by atoms with Crippen LogP contribution in [0.25, 0.3) is 5.76 Å². The van der Waals surface area contributed by atoms with Crippen molar-refractivity contribution in [3.05, 3.63) is 63.7 Å². The Balaban J connectivity index is 2.22. The van der Waals surface area contributed by atoms with Crippen molar-refractivity contribution in [1.82, 2.24) is 4.90 Å². The number of amides is 1. The number of ketones is 1. The summed E-state index contributed by atoms with van der Waals surface area (Å²) in [5.41, 5.74) is 2.08. The number of aliphatic hydroxyl groups is 1. The molecule has 1 aliphatic heterocycles. The van der Waals surface area contributed by atoms with Gasteiger partial charge >= 0.3 is 0 Å². The number of unbranched alkanes of at least 4 members (excludes halogenated alkanes) is 1. The molecule has 0 aliphatic carbocycles. The van der Waals surface area contributed by atoms with Gasteiger partial charge < -0.3 is 19.5 Å². The number of carbonyl (C=O) groups excluding carboxylic acids is 2. The monoisotopic (exact) mass is 485 g/mol. The number of hydrogen-bond donors (Lipinski definition) is 1. The average Bonchev–Trinajstić information content (AvgIpc) is 3.06. The normalized spacial score (nSPS) is 17.9. The number of carbonyl (C=O) groups is 2. The fraction of sp³-hybridized carbons (Fsp3) is 0.407. The first kappa shape index (κ1) is 25.6. The Morgan fingerprint density at radius 3 is 2.21 bits per heavy atom. The van der Waals surface area contributed by atoms with Gasteiger partial charge in [-0.05, 0) is 29.0 Å². The number of aliphatic hydroxyl groups excluding tert-OH is 1. The van der Waals surface area contributed by atoms with E-state index in [2.05, 4.69) is 20.8 Å². The first-order chi connectivity index (χ1) is 16.0. The number of methoxy groups -OCH3 is 2. The Morgan fingerprint density at radius 2 is 1.68 bits per heavy atom. The molecule has 3 rings (SSSR count). The number of rotatable bonds is 7. The quantitative estimate of drug-likeness (QED) is 0.301. The number of halogens is 1. The number of ether oxygens (including phenoxy) is 2. The third-order valence-electron chi connectivity index (χ3n) is 6.11. The van der Waals surface area contributed by atoms with Gasteiger partial charge in [0.1, 0.15) is 17.3 Å². The van der Waals surface area contributed by atoms with Crippen LogP contribution < -0.4 is 9.47 Å². The summed E-state index contributed by atoms with van der Waals surface area (Å²) in [6.45, 7) is 8.79. The highest BCUT2D eigenvalue weighted by Gasteiger charge is 2.46. The average molecular weight is 486 g/mol. The van der Waals surface area contributed by atoms with Crippen LogP contribution in [-0.4, -0.2) is 42.5 Å². The van der Waals surface area contributed by atoms with Gasteiger partial charge in [-0.1, -0.05) is 70.0 Å². The molecule has 7 heteroatoms. The minimum Gasteiger partial charge on any atom is -0.507 e. The minimum absolute atomic E-state index is 0.0177. The number of benzene rings is 2. The number of likely N-dealkylation sites (tertiary alicyclic amines) is 1. The fourth-order valence-electron chi connectivity index (χ4n) is 4.14. The molecule has 0 aromatic heterocycles. The second-order valence-electron chi connectivity index (χ2n) is 9.41. The van der Waals surface area contributed by atoms with Crippen LogP contribution in [0, 0.1) is 0 Å². The van der Waals surface area contributed by atoms with E-state index in [1.165, 1.54) is 26.4 Å². The van der Waals surface area contributed by atoms with E-state index in [9.17, 15) is 14.7 Å². The molecule has 34 heavy (non-hydrogen) atoms. The van der Waals surface area contributed by atoms with Gasteiger partial charge in [-0.15, -0.1) is 0 Å². The lowest BCUT2D eigenvalue weighted by atomic mass is 9.85. The van der Waals surface area contributed by atoms with E-state index in [1.54, 1.807) is 4.90 Å². The van der Waals surface area contributed by atoms with Gasteiger partial charge in [0.2, 0.25) is 0 Å². The molecule has 1 heterocycles. The molecule has 2 aromatic carbocycles. The first-order valence-corrected chi connectivity index (χ1v) is 11.7. The third kappa shape index (κ3) is 4.78. The number of Topliss-reactive ketones (excluding diaryl/α,β-unsaturated/α-hetero) is 1. The predicted octanol–water partition coefficient (Wildman–Crippen LogP) is 5.88. The molecule has 182 valence electrons. The molecule has 1 atom stereocenters. The Bertz CT molecular complexity index is 1120. The van der Waals surface area contributed by atoms with Crippen LogP contribution in [0.2, 0.25) is 5.02 Å². The van der Waals surface area contributed by atoms with Crippen molar-refractivity contribution < 1.29 is 24.2 Å². The third-order valence-corrected chi connectivity index (χ3v) is 6.41. The maximum Gasteiger partial charge on any atom is 0.295 e. The van der Waals surface area contributed by atoms with Crippen molar-refractivity contribution in [1.29, 1.82) is 0 Å². The van der Waals surface area contributed by atoms with Crippen LogP contribution in [0.3, 0.4) is 0 Å². The van der Waals surface area contributed by atoms with Crippen LogP contribution in [0.1, 0.15) is 63.3 Å². The molecular formula is C27H32ClNO5. The van der Waals surface area contributed by atoms with Crippen LogP contribution >= 0.6 is 11.6 Å². The lowest BCUT2D eigenvalue weighted by molar-refractivity contribution is -0.139. The van der Waals surface area contributed by atoms with Crippen molar-refractivity contribution >= 4 is 29.1 Å². The van der Waals surface area contributed by atoms with Crippen LogP contribution in [-0.2, 0) is 15.0 Å². The summed E-state index contributed by atoms with van der Waals surface area (Å²) < 4.78 is 10.7. The molecule has 0 saturated carbocycles. The molecule has 0 radical (unpaired) electrons. The SMILES string of the molecule is CCCCN1C(=O)C(=O)/C(=C(/O)c2cc(Cl)c(OC)cc2OC)C1c1ccc(C(C)(C)C)cc1. The van der Waals surface area contributed by atoms with Gasteiger partial charge in [-0.25, -0.2) is 0 Å². The molecule has 1 saturated heterocycles. The zero-order chi connectivity index (χ0) is 25.2. The summed E-state index contributed by atoms with van der Waals surface area (Å²) in [4.78, 5) is 27.8. The molecule has 1 amide bonds. The summed E-state index contributed by atoms with van der Waals surface area (Å²) in [6.07, 6.45) is 1.60. The van der Waals surface area contributed by atoms with E-state index in [0.29, 0.717) is 12.3 Å². The predicted molar refractivity (Wildman–Crippen MR) is 134 cm³/mol. The number of nitrogens with zero attached hydrogens (tertiary/aromatic N) is 1. The van der Waals surface area contributed by atoms with Gasteiger partial charge in [0.15, 0.2) is 0 Å². The van der Waals surface area contributed by atoms with E-state index < -0.39 is 17.7 Å². The second kappa shape index (κ2) is 10.1. The zero-order valence-electron chi connectivity index (χ0n) is 20.6. The standard InChI is InChI=1S/C27H32ClNO5/c1-7-8-13-29-23(16-9-11-17(12-10-16)27(2,3)4)22(25(31)26(29)32)24(30)18-14-19(28)21(34-6)15-20(18)33-5/h9-12,14-15,23,30H,7-8,13H2,1-6H3/b24-22+. The highest BCUT2D eigenvalue weighted by molar-refractivity contribution is 6.46. The van der Waals surface area contributed by atoms with E-state index in [4.69, 9.17) is 21.1 Å². The van der Waals surface area contributed by atoms with E-state index in [-0.39, 0.29) is 33.1 Å². The highest BCUT2D eigenvalue weighted by Crippen LogP contribution is 2.43. The summed E-state index contributed by atoms with van der Waals surface area (Å²) in [5, 5.41) is 11.6. The molecule has 0 spiro atoms.